The second-order valence-electron chi connectivity index (χ2n) is 7.85. The molecule has 0 saturated heterocycles. The fraction of sp³-hybridized carbons (Fsp3) is 0.222. The van der Waals surface area contributed by atoms with Gasteiger partial charge in [-0.1, -0.05) is 72.8 Å². The third-order valence-corrected chi connectivity index (χ3v) is 4.90. The van der Waals surface area contributed by atoms with Crippen LogP contribution in [0.5, 0.6) is 5.75 Å². The molecule has 0 aromatic heterocycles. The maximum absolute atomic E-state index is 11.8. The molecule has 3 aromatic carbocycles. The zero-order valence-electron chi connectivity index (χ0n) is 20.0. The van der Waals surface area contributed by atoms with Crippen LogP contribution in [0.15, 0.2) is 84.9 Å². The summed E-state index contributed by atoms with van der Waals surface area (Å²) in [5.41, 5.74) is 8.41. The lowest BCUT2D eigenvalue weighted by atomic mass is 10.1. The number of phenols is 1. The van der Waals surface area contributed by atoms with E-state index in [-0.39, 0.29) is 19.0 Å². The van der Waals surface area contributed by atoms with Crippen LogP contribution >= 0.6 is 0 Å². The Morgan fingerprint density at radius 2 is 1.30 bits per heavy atom. The number of phenolic OH excluding ortho intramolecular Hbond substituents is 1. The van der Waals surface area contributed by atoms with E-state index >= 15 is 0 Å². The van der Waals surface area contributed by atoms with E-state index in [2.05, 4.69) is 0 Å². The van der Waals surface area contributed by atoms with Gasteiger partial charge in [-0.15, -0.1) is 0 Å². The maximum atomic E-state index is 11.8. The molecule has 0 spiro atoms. The number of nitrogens with two attached hydrogens (primary N) is 1. The number of benzene rings is 3. The van der Waals surface area contributed by atoms with Crippen LogP contribution in [0.2, 0.25) is 0 Å². The summed E-state index contributed by atoms with van der Waals surface area (Å²) in [6.45, 7) is -0.414. The Hall–Kier alpha value is -4.41. The van der Waals surface area contributed by atoms with E-state index in [1.165, 1.54) is 0 Å². The van der Waals surface area contributed by atoms with Crippen molar-refractivity contribution >= 4 is 18.0 Å². The Labute approximate surface area is 214 Å². The lowest BCUT2D eigenvalue weighted by Crippen LogP contribution is -2.43. The molecule has 0 unspecified atom stereocenters. The predicted molar refractivity (Wildman–Crippen MR) is 134 cm³/mol. The minimum atomic E-state index is -1.35. The van der Waals surface area contributed by atoms with E-state index in [1.54, 1.807) is 48.5 Å². The average molecular weight is 511 g/mol. The van der Waals surface area contributed by atoms with Gasteiger partial charge >= 0.3 is 18.0 Å². The number of aromatic hydroxyl groups is 1. The third kappa shape index (κ3) is 11.2. The molecule has 1 amide bonds. The van der Waals surface area contributed by atoms with Crippen LogP contribution in [0, 0.1) is 0 Å². The number of carbonyl (C=O) groups is 3. The molecule has 0 radical (unpaired) electrons. The summed E-state index contributed by atoms with van der Waals surface area (Å²) in [6.07, 6.45) is -0.497. The number of hydrogen-bond acceptors (Lipinski definition) is 8. The van der Waals surface area contributed by atoms with Crippen molar-refractivity contribution in [2.75, 3.05) is 6.61 Å². The second-order valence-corrected chi connectivity index (χ2v) is 7.85. The molecule has 3 rings (SSSR count). The Morgan fingerprint density at radius 3 is 1.78 bits per heavy atom. The van der Waals surface area contributed by atoms with E-state index in [1.807, 2.05) is 41.7 Å². The smallest absolute Gasteiger partial charge is 0.408 e. The van der Waals surface area contributed by atoms with Gasteiger partial charge in [0.2, 0.25) is 0 Å². The first-order valence-electron chi connectivity index (χ1n) is 11.3. The first-order valence-corrected chi connectivity index (χ1v) is 11.3. The van der Waals surface area contributed by atoms with Crippen molar-refractivity contribution in [3.05, 3.63) is 102 Å². The number of nitrogens with one attached hydrogen (secondary N) is 1. The molecule has 0 aliphatic heterocycles. The molecule has 10 heteroatoms. The minimum Gasteiger partial charge on any atom is -0.508 e. The van der Waals surface area contributed by atoms with Gasteiger partial charge in [0.1, 0.15) is 25.0 Å². The Balaban J connectivity index is 0.000000264. The number of alkyl carbamates (subject to hydrolysis) is 1. The molecule has 0 heterocycles. The topological polar surface area (TPSA) is 168 Å². The normalized spacial score (nSPS) is 11.7. The van der Waals surface area contributed by atoms with Crippen molar-refractivity contribution in [3.63, 3.8) is 0 Å². The first-order chi connectivity index (χ1) is 17.8. The number of carboxylic acid groups (broad SMARTS) is 1. The molecule has 0 aliphatic rings. The summed E-state index contributed by atoms with van der Waals surface area (Å²) in [7, 11) is 0. The largest absolute Gasteiger partial charge is 0.508 e. The van der Waals surface area contributed by atoms with Gasteiger partial charge in [-0.2, -0.15) is 0 Å². The van der Waals surface area contributed by atoms with Gasteiger partial charge in [0.25, 0.3) is 0 Å². The summed E-state index contributed by atoms with van der Waals surface area (Å²) in [6, 6.07) is 23.0. The summed E-state index contributed by atoms with van der Waals surface area (Å²) in [4.78, 5) is 33.5. The molecular formula is C27H30N2O8. The fourth-order valence-electron chi connectivity index (χ4n) is 2.90. The molecule has 37 heavy (non-hydrogen) atoms. The van der Waals surface area contributed by atoms with Crippen LogP contribution in [-0.4, -0.2) is 52.0 Å². The third-order valence-electron chi connectivity index (χ3n) is 4.90. The SMILES string of the molecule is N[C@@H](Cc1ccc(O)cc1)C(=O)OCc1ccccc1.O=C(N[C@@H](CO)C(=O)O)OCc1ccccc1. The molecule has 6 N–H and O–H groups in total. The van der Waals surface area contributed by atoms with Gasteiger partial charge in [-0.05, 0) is 35.2 Å². The van der Waals surface area contributed by atoms with Crippen molar-refractivity contribution in [1.82, 2.24) is 5.32 Å². The zero-order valence-corrected chi connectivity index (χ0v) is 20.0. The van der Waals surface area contributed by atoms with E-state index < -0.39 is 36.7 Å². The van der Waals surface area contributed by atoms with Gasteiger partial charge < -0.3 is 35.8 Å². The van der Waals surface area contributed by atoms with Gasteiger partial charge in [-0.3, -0.25) is 4.79 Å². The summed E-state index contributed by atoms with van der Waals surface area (Å²) in [5, 5.41) is 28.5. The molecule has 10 nitrogen and oxygen atoms in total. The molecule has 2 atom stereocenters. The highest BCUT2D eigenvalue weighted by atomic mass is 16.5. The van der Waals surface area contributed by atoms with Gasteiger partial charge in [0, 0.05) is 0 Å². The highest BCUT2D eigenvalue weighted by Gasteiger charge is 2.19. The molecule has 3 aromatic rings. The lowest BCUT2D eigenvalue weighted by molar-refractivity contribution is -0.146. The molecular weight excluding hydrogens is 480 g/mol. The van der Waals surface area contributed by atoms with E-state index in [0.29, 0.717) is 6.42 Å². The predicted octanol–water partition coefficient (Wildman–Crippen LogP) is 2.36. The quantitative estimate of drug-likeness (QED) is 0.257. The maximum Gasteiger partial charge on any atom is 0.408 e. The van der Waals surface area contributed by atoms with E-state index in [9.17, 15) is 19.5 Å². The van der Waals surface area contributed by atoms with Crippen LogP contribution in [0.3, 0.4) is 0 Å². The van der Waals surface area contributed by atoms with Crippen molar-refractivity contribution in [1.29, 1.82) is 0 Å². The van der Waals surface area contributed by atoms with Crippen molar-refractivity contribution in [2.45, 2.75) is 31.7 Å². The minimum absolute atomic E-state index is 0.0461. The second kappa shape index (κ2) is 15.6. The van der Waals surface area contributed by atoms with Crippen LogP contribution in [-0.2, 0) is 38.7 Å². The van der Waals surface area contributed by atoms with Crippen LogP contribution in [0.1, 0.15) is 16.7 Å². The van der Waals surface area contributed by atoms with Crippen LogP contribution < -0.4 is 11.1 Å². The molecule has 196 valence electrons. The highest BCUT2D eigenvalue weighted by Crippen LogP contribution is 2.11. The fourth-order valence-corrected chi connectivity index (χ4v) is 2.90. The summed E-state index contributed by atoms with van der Waals surface area (Å²) < 4.78 is 9.96. The summed E-state index contributed by atoms with van der Waals surface area (Å²) >= 11 is 0. The van der Waals surface area contributed by atoms with Crippen molar-refractivity contribution in [2.24, 2.45) is 5.73 Å². The lowest BCUT2D eigenvalue weighted by Gasteiger charge is -2.11. The number of hydrogen-bond donors (Lipinski definition) is 5. The van der Waals surface area contributed by atoms with Gasteiger partial charge in [-0.25, -0.2) is 9.59 Å². The molecule has 0 saturated carbocycles. The Morgan fingerprint density at radius 1 is 0.784 bits per heavy atom. The monoisotopic (exact) mass is 510 g/mol. The number of aliphatic carboxylic acids is 1. The summed E-state index contributed by atoms with van der Waals surface area (Å²) in [5.74, 6) is -1.56. The number of amides is 1. The number of carbonyl (C=O) groups excluding carboxylic acids is 2. The Kier molecular flexibility index (Phi) is 12.1. The average Bonchev–Trinajstić information content (AvgIpc) is 2.91. The van der Waals surface area contributed by atoms with Crippen LogP contribution in [0.25, 0.3) is 0 Å². The molecule has 0 aliphatic carbocycles. The first kappa shape index (κ1) is 28.8. The number of ether oxygens (including phenoxy) is 2. The molecule has 0 bridgehead atoms. The number of rotatable bonds is 10. The van der Waals surface area contributed by atoms with Crippen molar-refractivity contribution in [3.8, 4) is 5.75 Å². The number of esters is 1. The molecule has 0 fully saturated rings. The van der Waals surface area contributed by atoms with Gasteiger partial charge in [0.05, 0.1) is 6.61 Å². The number of aliphatic hydroxyl groups excluding tert-OH is 1. The Bertz CT molecular complexity index is 1110. The van der Waals surface area contributed by atoms with E-state index in [0.717, 1.165) is 16.7 Å². The number of carboxylic acids is 1. The van der Waals surface area contributed by atoms with Gasteiger partial charge in [0.15, 0.2) is 6.04 Å². The van der Waals surface area contributed by atoms with E-state index in [4.69, 9.17) is 25.4 Å². The van der Waals surface area contributed by atoms with Crippen LogP contribution in [0.4, 0.5) is 4.79 Å². The number of aliphatic hydroxyl groups is 1. The highest BCUT2D eigenvalue weighted by molar-refractivity contribution is 5.80. The standard InChI is InChI=1S/C16H17NO3.C11H13NO5/c17-15(10-12-6-8-14(18)9-7-12)16(19)20-11-13-4-2-1-3-5-13;13-6-9(10(14)15)12-11(16)17-7-8-4-2-1-3-5-8/h1-9,15,18H,10-11,17H2;1-5,9,13H,6-7H2,(H,12,16)(H,14,15)/t15-;9-/m00/s1. The zero-order chi connectivity index (χ0) is 27.0. The van der Waals surface area contributed by atoms with Crippen molar-refractivity contribution < 1.29 is 39.2 Å².